The van der Waals surface area contributed by atoms with E-state index >= 15 is 0 Å². The predicted octanol–water partition coefficient (Wildman–Crippen LogP) is 0.339. The molecule has 0 spiro atoms. The van der Waals surface area contributed by atoms with E-state index in [0.717, 1.165) is 17.0 Å². The van der Waals surface area contributed by atoms with Crippen LogP contribution in [0.1, 0.15) is 23.9 Å². The Hall–Kier alpha value is -0.870. The summed E-state index contributed by atoms with van der Waals surface area (Å²) in [6.45, 7) is 6.71. The van der Waals surface area contributed by atoms with Gasteiger partial charge in [-0.1, -0.05) is 0 Å². The van der Waals surface area contributed by atoms with Crippen molar-refractivity contribution in [3.8, 4) is 0 Å². The molecule has 4 nitrogen and oxygen atoms in total. The van der Waals surface area contributed by atoms with Gasteiger partial charge >= 0.3 is 0 Å². The van der Waals surface area contributed by atoms with Gasteiger partial charge in [0.05, 0.1) is 18.3 Å². The number of hydrogen-bond donors (Lipinski definition) is 2. The fourth-order valence-corrected chi connectivity index (χ4v) is 1.46. The van der Waals surface area contributed by atoms with Crippen LogP contribution in [0.2, 0.25) is 0 Å². The zero-order chi connectivity index (χ0) is 10.0. The Bertz CT molecular complexity index is 291. The highest BCUT2D eigenvalue weighted by Crippen LogP contribution is 2.12. The molecular weight excluding hydrogens is 166 g/mol. The number of aryl methyl sites for hydroxylation is 1. The number of nitrogens with two attached hydrogens (primary N) is 1. The van der Waals surface area contributed by atoms with Crippen LogP contribution in [0.5, 0.6) is 0 Å². The molecule has 1 aromatic heterocycles. The third-order valence-corrected chi connectivity index (χ3v) is 2.17. The van der Waals surface area contributed by atoms with Crippen molar-refractivity contribution in [2.45, 2.75) is 40.0 Å². The minimum Gasteiger partial charge on any atom is -0.391 e. The maximum absolute atomic E-state index is 9.21. The Morgan fingerprint density at radius 2 is 2.15 bits per heavy atom. The molecule has 0 aliphatic rings. The minimum absolute atomic E-state index is 0.372. The van der Waals surface area contributed by atoms with Crippen molar-refractivity contribution in [2.75, 3.05) is 0 Å². The summed E-state index contributed by atoms with van der Waals surface area (Å²) >= 11 is 0. The normalized spacial score (nSPS) is 13.3. The quantitative estimate of drug-likeness (QED) is 0.710. The van der Waals surface area contributed by atoms with Crippen LogP contribution in [0.25, 0.3) is 0 Å². The minimum atomic E-state index is -0.372. The highest BCUT2D eigenvalue weighted by molar-refractivity contribution is 5.23. The largest absolute Gasteiger partial charge is 0.391 e. The van der Waals surface area contributed by atoms with E-state index in [1.54, 1.807) is 6.92 Å². The predicted molar refractivity (Wildman–Crippen MR) is 51.3 cm³/mol. The van der Waals surface area contributed by atoms with Gasteiger partial charge in [0.25, 0.3) is 0 Å². The Labute approximate surface area is 78.4 Å². The van der Waals surface area contributed by atoms with Crippen molar-refractivity contribution >= 4 is 0 Å². The first-order valence-electron chi connectivity index (χ1n) is 4.47. The third kappa shape index (κ3) is 2.08. The second-order valence-electron chi connectivity index (χ2n) is 3.38. The molecule has 74 valence electrons. The molecule has 13 heavy (non-hydrogen) atoms. The van der Waals surface area contributed by atoms with E-state index in [-0.39, 0.29) is 6.10 Å². The fourth-order valence-electron chi connectivity index (χ4n) is 1.46. The molecule has 1 heterocycles. The lowest BCUT2D eigenvalue weighted by atomic mass is 10.2. The van der Waals surface area contributed by atoms with E-state index in [9.17, 15) is 5.11 Å². The third-order valence-electron chi connectivity index (χ3n) is 2.17. The zero-order valence-corrected chi connectivity index (χ0v) is 8.41. The molecule has 0 aliphatic heterocycles. The molecule has 0 bridgehead atoms. The highest BCUT2D eigenvalue weighted by Gasteiger charge is 2.10. The number of hydrogen-bond acceptors (Lipinski definition) is 3. The van der Waals surface area contributed by atoms with Crippen molar-refractivity contribution in [3.63, 3.8) is 0 Å². The van der Waals surface area contributed by atoms with E-state index in [1.807, 2.05) is 18.5 Å². The summed E-state index contributed by atoms with van der Waals surface area (Å²) in [6.07, 6.45) is -0.372. The van der Waals surface area contributed by atoms with E-state index in [0.29, 0.717) is 13.1 Å². The average molecular weight is 183 g/mol. The smallest absolute Gasteiger partial charge is 0.0708 e. The SMILES string of the molecule is Cc1nn(CC(C)O)c(C)c1CN. The van der Waals surface area contributed by atoms with Gasteiger partial charge in [0.2, 0.25) is 0 Å². The molecular formula is C9H17N3O. The van der Waals surface area contributed by atoms with Crippen LogP contribution in [0.3, 0.4) is 0 Å². The molecule has 1 aromatic rings. The monoisotopic (exact) mass is 183 g/mol. The van der Waals surface area contributed by atoms with Gasteiger partial charge in [-0.05, 0) is 20.8 Å². The van der Waals surface area contributed by atoms with Gasteiger partial charge in [0.15, 0.2) is 0 Å². The lowest BCUT2D eigenvalue weighted by Gasteiger charge is -2.06. The first-order valence-corrected chi connectivity index (χ1v) is 4.47. The van der Waals surface area contributed by atoms with Crippen LogP contribution in [0.4, 0.5) is 0 Å². The Morgan fingerprint density at radius 3 is 2.54 bits per heavy atom. The average Bonchev–Trinajstić information content (AvgIpc) is 2.26. The van der Waals surface area contributed by atoms with E-state index in [1.165, 1.54) is 0 Å². The van der Waals surface area contributed by atoms with E-state index in [4.69, 9.17) is 5.73 Å². The maximum Gasteiger partial charge on any atom is 0.0708 e. The van der Waals surface area contributed by atoms with Crippen molar-refractivity contribution < 1.29 is 5.11 Å². The summed E-state index contributed by atoms with van der Waals surface area (Å²) in [6, 6.07) is 0. The Morgan fingerprint density at radius 1 is 1.54 bits per heavy atom. The number of aliphatic hydroxyl groups excluding tert-OH is 1. The summed E-state index contributed by atoms with van der Waals surface area (Å²) in [5.74, 6) is 0. The van der Waals surface area contributed by atoms with Crippen molar-refractivity contribution in [3.05, 3.63) is 17.0 Å². The van der Waals surface area contributed by atoms with Crippen LogP contribution < -0.4 is 5.73 Å². The van der Waals surface area contributed by atoms with E-state index in [2.05, 4.69) is 5.10 Å². The number of nitrogens with zero attached hydrogens (tertiary/aromatic N) is 2. The van der Waals surface area contributed by atoms with Gasteiger partial charge in [-0.3, -0.25) is 4.68 Å². The second kappa shape index (κ2) is 3.89. The number of rotatable bonds is 3. The van der Waals surface area contributed by atoms with Crippen molar-refractivity contribution in [1.82, 2.24) is 9.78 Å². The maximum atomic E-state index is 9.21. The number of aliphatic hydroxyl groups is 1. The zero-order valence-electron chi connectivity index (χ0n) is 8.41. The second-order valence-corrected chi connectivity index (χ2v) is 3.38. The van der Waals surface area contributed by atoms with Gasteiger partial charge < -0.3 is 10.8 Å². The molecule has 1 atom stereocenters. The first kappa shape index (κ1) is 10.2. The van der Waals surface area contributed by atoms with Crippen LogP contribution >= 0.6 is 0 Å². The van der Waals surface area contributed by atoms with Gasteiger partial charge in [0.1, 0.15) is 0 Å². The Kier molecular flexibility index (Phi) is 3.06. The summed E-state index contributed by atoms with van der Waals surface area (Å²) in [4.78, 5) is 0. The fraction of sp³-hybridized carbons (Fsp3) is 0.667. The first-order chi connectivity index (χ1) is 6.06. The van der Waals surface area contributed by atoms with Crippen LogP contribution in [-0.2, 0) is 13.1 Å². The molecule has 1 rings (SSSR count). The van der Waals surface area contributed by atoms with Gasteiger partial charge in [0, 0.05) is 17.8 Å². The molecule has 0 fully saturated rings. The van der Waals surface area contributed by atoms with Crippen molar-refractivity contribution in [1.29, 1.82) is 0 Å². The molecule has 4 heteroatoms. The molecule has 0 radical (unpaired) electrons. The lowest BCUT2D eigenvalue weighted by molar-refractivity contribution is 0.167. The van der Waals surface area contributed by atoms with Gasteiger partial charge in [-0.2, -0.15) is 5.10 Å². The highest BCUT2D eigenvalue weighted by atomic mass is 16.3. The molecule has 0 aromatic carbocycles. The van der Waals surface area contributed by atoms with Crippen LogP contribution in [-0.4, -0.2) is 21.0 Å². The van der Waals surface area contributed by atoms with Gasteiger partial charge in [-0.25, -0.2) is 0 Å². The number of aromatic nitrogens is 2. The topological polar surface area (TPSA) is 64.1 Å². The van der Waals surface area contributed by atoms with Crippen molar-refractivity contribution in [2.24, 2.45) is 5.73 Å². The van der Waals surface area contributed by atoms with E-state index < -0.39 is 0 Å². The standard InChI is InChI=1S/C9H17N3O/c1-6(13)5-12-8(3)9(4-10)7(2)11-12/h6,13H,4-5,10H2,1-3H3. The summed E-state index contributed by atoms with van der Waals surface area (Å²) < 4.78 is 1.81. The molecule has 3 N–H and O–H groups in total. The molecule has 0 aliphatic carbocycles. The molecule has 0 amide bonds. The summed E-state index contributed by atoms with van der Waals surface area (Å²) in [5.41, 5.74) is 8.68. The van der Waals surface area contributed by atoms with Gasteiger partial charge in [-0.15, -0.1) is 0 Å². The Balaban J connectivity index is 2.96. The lowest BCUT2D eigenvalue weighted by Crippen LogP contribution is -2.14. The molecule has 0 saturated heterocycles. The van der Waals surface area contributed by atoms with Crippen LogP contribution in [0, 0.1) is 13.8 Å². The molecule has 0 saturated carbocycles. The summed E-state index contributed by atoms with van der Waals surface area (Å²) in [5, 5.41) is 13.5. The summed E-state index contributed by atoms with van der Waals surface area (Å²) in [7, 11) is 0. The molecule has 1 unspecified atom stereocenters. The van der Waals surface area contributed by atoms with Crippen LogP contribution in [0.15, 0.2) is 0 Å².